The van der Waals surface area contributed by atoms with Crippen LogP contribution in [0.15, 0.2) is 261 Å². The maximum atomic E-state index is 7.80. The van der Waals surface area contributed by atoms with Gasteiger partial charge in [-0.1, -0.05) is 257 Å². The fourth-order valence-corrected chi connectivity index (χ4v) is 15.3. The van der Waals surface area contributed by atoms with Crippen LogP contribution in [0.3, 0.4) is 0 Å². The van der Waals surface area contributed by atoms with Crippen LogP contribution in [0, 0.1) is 0 Å². The molecule has 0 amide bonds. The first kappa shape index (κ1) is 51.5. The molecule has 8 nitrogen and oxygen atoms in total. The summed E-state index contributed by atoms with van der Waals surface area (Å²) in [6.45, 7) is 6.50. The molecule has 10 heteroatoms. The third kappa shape index (κ3) is 8.11. The van der Waals surface area contributed by atoms with Crippen LogP contribution in [0.1, 0.15) is 70.8 Å². The molecular formula is C70H58O8P2. The summed E-state index contributed by atoms with van der Waals surface area (Å²) in [7, 11) is -1.17. The van der Waals surface area contributed by atoms with Crippen molar-refractivity contribution < 1.29 is 36.6 Å². The molecule has 0 aromatic heterocycles. The summed E-state index contributed by atoms with van der Waals surface area (Å²) >= 11 is 0. The van der Waals surface area contributed by atoms with Gasteiger partial charge in [-0.15, -0.1) is 0 Å². The third-order valence-corrected chi connectivity index (χ3v) is 18.1. The molecule has 0 spiro atoms. The number of fused-ring (bicyclic) bond motifs is 6. The largest absolute Gasteiger partial charge is 0.497 e. The van der Waals surface area contributed by atoms with Crippen molar-refractivity contribution >= 4 is 17.2 Å². The van der Waals surface area contributed by atoms with E-state index in [1.165, 1.54) is 0 Å². The van der Waals surface area contributed by atoms with Crippen molar-refractivity contribution in [2.24, 2.45) is 0 Å². The maximum Gasteiger partial charge on any atom is 0.400 e. The van der Waals surface area contributed by atoms with Gasteiger partial charge in [0.25, 0.3) is 0 Å². The van der Waals surface area contributed by atoms with Crippen molar-refractivity contribution in [3.05, 3.63) is 311 Å². The van der Waals surface area contributed by atoms with Gasteiger partial charge in [0.05, 0.1) is 14.2 Å². The van der Waals surface area contributed by atoms with E-state index in [2.05, 4.69) is 142 Å². The summed E-state index contributed by atoms with van der Waals surface area (Å²) in [4.78, 5) is 0. The Morgan fingerprint density at radius 1 is 0.350 bits per heavy atom. The Morgan fingerprint density at radius 2 is 0.675 bits per heavy atom. The standard InChI is InChI=1S/C70H58O8P2/c1-66(2,3)63-48-57(72-5)47-61(65(63)74-80-75-67(49-29-13-6-14-30-49,50-31-15-7-16-32-50)68(76-80,51-33-17-8-18-34-51)52-35-19-9-20-36-52)60-46-56(71-4)45-59-58-43-27-28-44-62(58)70(55-41-25-12-26-42-55)69(53-37-21-10-22-38-53,54-39-23-11-24-40-54)77-79(78-70)73-64(59)60/h6-48H,1-5H3. The summed E-state index contributed by atoms with van der Waals surface area (Å²) in [5.74, 6) is 2.23. The van der Waals surface area contributed by atoms with Gasteiger partial charge in [0.1, 0.15) is 23.0 Å². The van der Waals surface area contributed by atoms with Gasteiger partial charge in [-0.2, -0.15) is 0 Å². The molecule has 0 aliphatic carbocycles. The van der Waals surface area contributed by atoms with Crippen molar-refractivity contribution in [1.82, 2.24) is 0 Å². The topological polar surface area (TPSA) is 73.8 Å². The van der Waals surface area contributed by atoms with E-state index in [9.17, 15) is 0 Å². The predicted molar refractivity (Wildman–Crippen MR) is 317 cm³/mol. The van der Waals surface area contributed by atoms with Gasteiger partial charge in [-0.3, -0.25) is 18.1 Å². The van der Waals surface area contributed by atoms with Gasteiger partial charge in [0.2, 0.25) is 0 Å². The summed E-state index contributed by atoms with van der Waals surface area (Å²) in [5, 5.41) is 0. The van der Waals surface area contributed by atoms with Crippen LogP contribution in [-0.4, -0.2) is 14.2 Å². The van der Waals surface area contributed by atoms with E-state index in [1.54, 1.807) is 14.2 Å². The van der Waals surface area contributed by atoms with E-state index in [0.717, 1.165) is 61.2 Å². The molecule has 80 heavy (non-hydrogen) atoms. The zero-order chi connectivity index (χ0) is 54.5. The molecule has 0 radical (unpaired) electrons. The Hall–Kier alpha value is -7.90. The van der Waals surface area contributed by atoms with Gasteiger partial charge in [-0.25, -0.2) is 0 Å². The molecule has 2 saturated heterocycles. The summed E-state index contributed by atoms with van der Waals surface area (Å²) in [6, 6.07) is 89.0. The molecule has 10 aromatic carbocycles. The zero-order valence-corrected chi connectivity index (χ0v) is 46.8. The molecular weight excluding hydrogens is 1030 g/mol. The number of ether oxygens (including phenoxy) is 2. The van der Waals surface area contributed by atoms with Crippen molar-refractivity contribution in [3.63, 3.8) is 0 Å². The van der Waals surface area contributed by atoms with Crippen molar-refractivity contribution in [2.75, 3.05) is 14.2 Å². The van der Waals surface area contributed by atoms with E-state index in [0.29, 0.717) is 34.1 Å². The minimum absolute atomic E-state index is 0.507. The molecule has 2 bridgehead atoms. The Bertz CT molecular complexity index is 3600. The van der Waals surface area contributed by atoms with Crippen LogP contribution in [-0.2, 0) is 45.9 Å². The van der Waals surface area contributed by atoms with E-state index in [4.69, 9.17) is 36.6 Å². The average molecular weight is 1090 g/mol. The van der Waals surface area contributed by atoms with Gasteiger partial charge in [0.15, 0.2) is 22.4 Å². The number of rotatable bonds is 12. The van der Waals surface area contributed by atoms with Gasteiger partial charge < -0.3 is 18.5 Å². The lowest BCUT2D eigenvalue weighted by Gasteiger charge is -2.44. The fourth-order valence-electron chi connectivity index (χ4n) is 12.2. The zero-order valence-electron chi connectivity index (χ0n) is 45.0. The van der Waals surface area contributed by atoms with E-state index < -0.39 is 45.0 Å². The molecule has 3 heterocycles. The first-order valence-electron chi connectivity index (χ1n) is 26.8. The quantitative estimate of drug-likeness (QED) is 0.112. The van der Waals surface area contributed by atoms with Crippen LogP contribution < -0.4 is 18.5 Å². The number of methoxy groups -OCH3 is 2. The lowest BCUT2D eigenvalue weighted by molar-refractivity contribution is 0.00370. The molecule has 2 atom stereocenters. The van der Waals surface area contributed by atoms with Crippen LogP contribution in [0.4, 0.5) is 0 Å². The Labute approximate surface area is 470 Å². The van der Waals surface area contributed by atoms with E-state index in [1.807, 2.05) is 140 Å². The molecule has 2 unspecified atom stereocenters. The molecule has 3 aliphatic rings. The lowest BCUT2D eigenvalue weighted by atomic mass is 9.65. The second kappa shape index (κ2) is 20.6. The van der Waals surface area contributed by atoms with Gasteiger partial charge in [-0.05, 0) is 74.2 Å². The van der Waals surface area contributed by atoms with Crippen molar-refractivity contribution in [2.45, 2.75) is 48.6 Å². The average Bonchev–Trinajstić information content (AvgIpc) is 2.34. The summed E-state index contributed by atoms with van der Waals surface area (Å²) < 4.78 is 58.8. The van der Waals surface area contributed by atoms with E-state index >= 15 is 0 Å². The fraction of sp³-hybridized carbons (Fsp3) is 0.143. The molecule has 0 N–H and O–H groups in total. The molecule has 2 fully saturated rings. The van der Waals surface area contributed by atoms with Gasteiger partial charge in [0, 0.05) is 27.8 Å². The molecule has 396 valence electrons. The Kier molecular flexibility index (Phi) is 13.3. The van der Waals surface area contributed by atoms with Crippen LogP contribution in [0.25, 0.3) is 22.3 Å². The Balaban J connectivity index is 1.07. The predicted octanol–water partition coefficient (Wildman–Crippen LogP) is 17.7. The molecule has 0 saturated carbocycles. The smallest absolute Gasteiger partial charge is 0.400 e. The lowest BCUT2D eigenvalue weighted by Crippen LogP contribution is -2.49. The monoisotopic (exact) mass is 1090 g/mol. The Morgan fingerprint density at radius 3 is 1.07 bits per heavy atom. The highest BCUT2D eigenvalue weighted by Crippen LogP contribution is 2.74. The maximum absolute atomic E-state index is 7.80. The highest BCUT2D eigenvalue weighted by Gasteiger charge is 2.69. The number of hydrogen-bond donors (Lipinski definition) is 0. The van der Waals surface area contributed by atoms with E-state index in [-0.39, 0.29) is 0 Å². The molecule has 10 aromatic rings. The number of benzene rings is 10. The minimum Gasteiger partial charge on any atom is -0.497 e. The highest BCUT2D eigenvalue weighted by atomic mass is 31.2. The SMILES string of the molecule is COc1cc2c(c(-c3cc(OC)cc(C(C)(C)C)c3OP3OC(c4ccccc4)(c4ccccc4)C(c4ccccc4)(c4ccccc4)O3)c1)OP1OC(c3ccccc3)(c3ccccc3)C(c3ccccc3)(O1)c1ccccc1-2. The first-order chi connectivity index (χ1) is 39.1. The van der Waals surface area contributed by atoms with Crippen LogP contribution in [0.2, 0.25) is 0 Å². The van der Waals surface area contributed by atoms with Gasteiger partial charge >= 0.3 is 17.2 Å². The second-order valence-corrected chi connectivity index (χ2v) is 23.2. The second-order valence-electron chi connectivity index (χ2n) is 21.2. The van der Waals surface area contributed by atoms with Crippen LogP contribution in [0.5, 0.6) is 23.0 Å². The normalized spacial score (nSPS) is 18.6. The number of hydrogen-bond acceptors (Lipinski definition) is 8. The van der Waals surface area contributed by atoms with Crippen molar-refractivity contribution in [1.29, 1.82) is 0 Å². The third-order valence-electron chi connectivity index (χ3n) is 15.7. The minimum atomic E-state index is -2.31. The van der Waals surface area contributed by atoms with Crippen LogP contribution >= 0.6 is 17.2 Å². The highest BCUT2D eigenvalue weighted by molar-refractivity contribution is 7.42. The first-order valence-corrected chi connectivity index (χ1v) is 29.0. The summed E-state index contributed by atoms with van der Waals surface area (Å²) in [5.41, 5.74) is 5.33. The molecule has 3 aliphatic heterocycles. The summed E-state index contributed by atoms with van der Waals surface area (Å²) in [6.07, 6.45) is 0. The molecule has 13 rings (SSSR count). The van der Waals surface area contributed by atoms with Crippen molar-refractivity contribution in [3.8, 4) is 45.3 Å².